The number of rotatable bonds is 5. The van der Waals surface area contributed by atoms with E-state index in [-0.39, 0.29) is 11.9 Å². The molecule has 3 N–H and O–H groups in total. The van der Waals surface area contributed by atoms with E-state index in [0.29, 0.717) is 26.8 Å². The zero-order valence-electron chi connectivity index (χ0n) is 12.8. The fraction of sp³-hybridized carbons (Fsp3) is 0.500. The Morgan fingerprint density at radius 1 is 1.38 bits per heavy atom. The Morgan fingerprint density at radius 2 is 2.05 bits per heavy atom. The second-order valence-electron chi connectivity index (χ2n) is 5.64. The molecule has 2 rings (SSSR count). The molecule has 7 heteroatoms. The lowest BCUT2D eigenvalue weighted by molar-refractivity contribution is 0.0921. The molecule has 6 nitrogen and oxygen atoms in total. The first kappa shape index (κ1) is 15.7. The summed E-state index contributed by atoms with van der Waals surface area (Å²) in [7, 11) is 3.98. The molecule has 0 spiro atoms. The van der Waals surface area contributed by atoms with E-state index >= 15 is 0 Å². The summed E-state index contributed by atoms with van der Waals surface area (Å²) < 4.78 is 0. The molecule has 114 valence electrons. The van der Waals surface area contributed by atoms with Crippen molar-refractivity contribution in [1.29, 1.82) is 0 Å². The van der Waals surface area contributed by atoms with Crippen LogP contribution in [0, 0.1) is 5.92 Å². The van der Waals surface area contributed by atoms with Gasteiger partial charge in [0.2, 0.25) is 0 Å². The summed E-state index contributed by atoms with van der Waals surface area (Å²) in [6, 6.07) is 0.0676. The molecule has 1 atom stereocenters. The van der Waals surface area contributed by atoms with Gasteiger partial charge in [-0.1, -0.05) is 13.8 Å². The van der Waals surface area contributed by atoms with Crippen LogP contribution in [0.15, 0.2) is 12.4 Å². The number of aromatic nitrogens is 2. The van der Waals surface area contributed by atoms with Gasteiger partial charge < -0.3 is 16.0 Å². The number of nitrogens with zero attached hydrogens (tertiary/aromatic N) is 3. The van der Waals surface area contributed by atoms with Crippen molar-refractivity contribution in [3.63, 3.8) is 0 Å². The first-order valence-electron chi connectivity index (χ1n) is 6.84. The minimum Gasteiger partial charge on any atom is -0.396 e. The van der Waals surface area contributed by atoms with Gasteiger partial charge in [0.25, 0.3) is 5.91 Å². The summed E-state index contributed by atoms with van der Waals surface area (Å²) in [4.78, 5) is 24.1. The van der Waals surface area contributed by atoms with Crippen molar-refractivity contribution in [3.8, 4) is 0 Å². The number of hydrogen-bond donors (Lipinski definition) is 2. The molecule has 0 aliphatic carbocycles. The molecule has 21 heavy (non-hydrogen) atoms. The Balaban J connectivity index is 2.23. The fourth-order valence-electron chi connectivity index (χ4n) is 2.06. The van der Waals surface area contributed by atoms with E-state index in [1.807, 2.05) is 14.1 Å². The van der Waals surface area contributed by atoms with E-state index in [9.17, 15) is 4.79 Å². The van der Waals surface area contributed by atoms with Crippen molar-refractivity contribution >= 4 is 33.3 Å². The smallest absolute Gasteiger partial charge is 0.263 e. The number of fused-ring (bicyclic) bond motifs is 1. The summed E-state index contributed by atoms with van der Waals surface area (Å²) in [5.41, 5.74) is 7.04. The lowest BCUT2D eigenvalue weighted by Gasteiger charge is -2.25. The molecule has 1 amide bonds. The lowest BCUT2D eigenvalue weighted by Crippen LogP contribution is -2.44. The van der Waals surface area contributed by atoms with E-state index < -0.39 is 0 Å². The van der Waals surface area contributed by atoms with Crippen molar-refractivity contribution in [2.45, 2.75) is 19.9 Å². The maximum atomic E-state index is 12.5. The number of carbonyl (C=O) groups is 1. The fourth-order valence-corrected chi connectivity index (χ4v) is 2.99. The molecule has 0 saturated heterocycles. The number of amides is 1. The molecule has 0 aromatic carbocycles. The highest BCUT2D eigenvalue weighted by atomic mass is 32.1. The van der Waals surface area contributed by atoms with E-state index in [1.165, 1.54) is 11.3 Å². The van der Waals surface area contributed by atoms with Crippen LogP contribution in [-0.4, -0.2) is 47.5 Å². The van der Waals surface area contributed by atoms with Gasteiger partial charge in [-0.25, -0.2) is 9.97 Å². The van der Waals surface area contributed by atoms with Gasteiger partial charge in [0.1, 0.15) is 15.2 Å². The van der Waals surface area contributed by atoms with Crippen LogP contribution < -0.4 is 11.1 Å². The Labute approximate surface area is 128 Å². The molecule has 0 fully saturated rings. The van der Waals surface area contributed by atoms with Gasteiger partial charge in [-0.3, -0.25) is 4.79 Å². The van der Waals surface area contributed by atoms with Crippen LogP contribution >= 0.6 is 11.3 Å². The van der Waals surface area contributed by atoms with Crippen molar-refractivity contribution in [2.75, 3.05) is 26.4 Å². The molecule has 0 radical (unpaired) electrons. The predicted octanol–water partition coefficient (Wildman–Crippen LogP) is 1.59. The highest BCUT2D eigenvalue weighted by molar-refractivity contribution is 7.21. The van der Waals surface area contributed by atoms with E-state index in [1.54, 1.807) is 12.4 Å². The first-order chi connectivity index (χ1) is 9.90. The van der Waals surface area contributed by atoms with E-state index in [0.717, 1.165) is 6.54 Å². The monoisotopic (exact) mass is 307 g/mol. The van der Waals surface area contributed by atoms with Crippen LogP contribution in [0.2, 0.25) is 0 Å². The van der Waals surface area contributed by atoms with Crippen molar-refractivity contribution in [1.82, 2.24) is 20.2 Å². The summed E-state index contributed by atoms with van der Waals surface area (Å²) in [6.45, 7) is 4.96. The summed E-state index contributed by atoms with van der Waals surface area (Å²) >= 11 is 1.28. The maximum absolute atomic E-state index is 12.5. The average Bonchev–Trinajstić information content (AvgIpc) is 2.75. The Hall–Kier alpha value is -1.73. The zero-order valence-corrected chi connectivity index (χ0v) is 13.6. The Kier molecular flexibility index (Phi) is 4.74. The maximum Gasteiger partial charge on any atom is 0.263 e. The van der Waals surface area contributed by atoms with Crippen molar-refractivity contribution in [2.24, 2.45) is 5.92 Å². The molecular weight excluding hydrogens is 286 g/mol. The number of thiophene rings is 1. The highest BCUT2D eigenvalue weighted by Gasteiger charge is 2.22. The van der Waals surface area contributed by atoms with Crippen molar-refractivity contribution in [3.05, 3.63) is 17.3 Å². The van der Waals surface area contributed by atoms with Crippen LogP contribution in [0.5, 0.6) is 0 Å². The Bertz CT molecular complexity index is 637. The zero-order chi connectivity index (χ0) is 15.6. The second kappa shape index (κ2) is 6.36. The number of nitrogen functional groups attached to an aromatic ring is 1. The van der Waals surface area contributed by atoms with Crippen LogP contribution in [0.4, 0.5) is 5.69 Å². The van der Waals surface area contributed by atoms with Gasteiger partial charge in [0.05, 0.1) is 5.69 Å². The molecule has 2 heterocycles. The van der Waals surface area contributed by atoms with Crippen LogP contribution in [0.3, 0.4) is 0 Å². The number of likely N-dealkylation sites (N-methyl/N-ethyl adjacent to an activating group) is 1. The van der Waals surface area contributed by atoms with Gasteiger partial charge in [0.15, 0.2) is 0 Å². The van der Waals surface area contributed by atoms with Gasteiger partial charge in [-0.05, 0) is 20.0 Å². The molecule has 0 saturated carbocycles. The third kappa shape index (κ3) is 3.48. The number of nitrogens with two attached hydrogens (primary N) is 1. The molecule has 2 aromatic rings. The molecule has 0 bridgehead atoms. The number of hydrogen-bond acceptors (Lipinski definition) is 6. The normalized spacial score (nSPS) is 13.0. The third-order valence-electron chi connectivity index (χ3n) is 3.25. The molecular formula is C14H21N5OS. The van der Waals surface area contributed by atoms with Gasteiger partial charge in [-0.2, -0.15) is 0 Å². The van der Waals surface area contributed by atoms with E-state index in [2.05, 4.69) is 34.0 Å². The number of nitrogens with one attached hydrogen (secondary N) is 1. The molecule has 0 aliphatic rings. The van der Waals surface area contributed by atoms with Gasteiger partial charge in [-0.15, -0.1) is 11.3 Å². The molecule has 2 aromatic heterocycles. The quantitative estimate of drug-likeness (QED) is 0.876. The van der Waals surface area contributed by atoms with Crippen LogP contribution in [-0.2, 0) is 0 Å². The standard InChI is InChI=1S/C14H21N5OS/c1-8(2)9(7-19(3)4)18-13(20)12-10(15)11-14(21-12)17-6-5-16-11/h5-6,8-9H,7,15H2,1-4H3,(H,18,20). The minimum atomic E-state index is -0.155. The van der Waals surface area contributed by atoms with Crippen LogP contribution in [0.25, 0.3) is 10.3 Å². The van der Waals surface area contributed by atoms with Crippen molar-refractivity contribution < 1.29 is 4.79 Å². The minimum absolute atomic E-state index is 0.0676. The predicted molar refractivity (Wildman–Crippen MR) is 86.5 cm³/mol. The number of carbonyl (C=O) groups excluding carboxylic acids is 1. The summed E-state index contributed by atoms with van der Waals surface area (Å²) in [6.07, 6.45) is 3.18. The second-order valence-corrected chi connectivity index (χ2v) is 6.64. The SMILES string of the molecule is CC(C)C(CN(C)C)NC(=O)c1sc2nccnc2c1N. The summed E-state index contributed by atoms with van der Waals surface area (Å²) in [5.74, 6) is 0.182. The van der Waals surface area contributed by atoms with Gasteiger partial charge in [0, 0.05) is 25.0 Å². The van der Waals surface area contributed by atoms with Gasteiger partial charge >= 0.3 is 0 Å². The number of anilines is 1. The third-order valence-corrected chi connectivity index (χ3v) is 4.35. The van der Waals surface area contributed by atoms with Crippen LogP contribution in [0.1, 0.15) is 23.5 Å². The first-order valence-corrected chi connectivity index (χ1v) is 7.66. The Morgan fingerprint density at radius 3 is 2.62 bits per heavy atom. The molecule has 1 unspecified atom stereocenters. The largest absolute Gasteiger partial charge is 0.396 e. The summed E-state index contributed by atoms with van der Waals surface area (Å²) in [5, 5.41) is 3.06. The molecule has 0 aliphatic heterocycles. The lowest BCUT2D eigenvalue weighted by atomic mass is 10.0. The highest BCUT2D eigenvalue weighted by Crippen LogP contribution is 2.30. The van der Waals surface area contributed by atoms with E-state index in [4.69, 9.17) is 5.73 Å². The average molecular weight is 307 g/mol. The topological polar surface area (TPSA) is 84.1 Å².